The third kappa shape index (κ3) is 2.51. The molecule has 0 spiro atoms. The second-order valence-corrected chi connectivity index (χ2v) is 5.38. The minimum atomic E-state index is -0.0126. The lowest BCUT2D eigenvalue weighted by Crippen LogP contribution is -2.34. The summed E-state index contributed by atoms with van der Waals surface area (Å²) < 4.78 is 0. The number of carbonyl (C=O) groups is 1. The van der Waals surface area contributed by atoms with E-state index in [1.54, 1.807) is 18.3 Å². The summed E-state index contributed by atoms with van der Waals surface area (Å²) >= 11 is 4.85. The molecule has 18 heavy (non-hydrogen) atoms. The Morgan fingerprint density at radius 3 is 2.67 bits per heavy atom. The van der Waals surface area contributed by atoms with Crippen LogP contribution in [0.15, 0.2) is 18.3 Å². The van der Waals surface area contributed by atoms with Gasteiger partial charge in [-0.25, -0.2) is 0 Å². The van der Waals surface area contributed by atoms with Gasteiger partial charge < -0.3 is 10.6 Å². The first-order valence-electron chi connectivity index (χ1n) is 6.06. The smallest absolute Gasteiger partial charge is 0.272 e. The summed E-state index contributed by atoms with van der Waals surface area (Å²) in [5.41, 5.74) is 6.64. The molecule has 2 rings (SSSR count). The molecule has 1 aliphatic rings. The molecule has 1 amide bonds. The van der Waals surface area contributed by atoms with Gasteiger partial charge in [0.2, 0.25) is 0 Å². The summed E-state index contributed by atoms with van der Waals surface area (Å²) in [5, 5.41) is 0. The van der Waals surface area contributed by atoms with Gasteiger partial charge in [-0.05, 0) is 31.4 Å². The Hall–Kier alpha value is -1.49. The first kappa shape index (κ1) is 13.0. The van der Waals surface area contributed by atoms with Crippen LogP contribution in [0.25, 0.3) is 0 Å². The van der Waals surface area contributed by atoms with Crippen molar-refractivity contribution in [1.29, 1.82) is 0 Å². The molecular weight excluding hydrogens is 246 g/mol. The van der Waals surface area contributed by atoms with Crippen LogP contribution in [-0.4, -0.2) is 33.4 Å². The molecule has 2 atom stereocenters. The number of amides is 1. The second kappa shape index (κ2) is 5.02. The van der Waals surface area contributed by atoms with Crippen molar-refractivity contribution in [3.63, 3.8) is 0 Å². The Morgan fingerprint density at radius 2 is 2.22 bits per heavy atom. The molecule has 2 N–H and O–H groups in total. The molecule has 1 saturated heterocycles. The third-order valence-electron chi connectivity index (χ3n) is 3.31. The number of pyridine rings is 1. The number of thiocarbonyl (C=S) groups is 1. The van der Waals surface area contributed by atoms with Gasteiger partial charge in [-0.15, -0.1) is 0 Å². The number of hydrogen-bond acceptors (Lipinski definition) is 3. The quantitative estimate of drug-likeness (QED) is 0.823. The van der Waals surface area contributed by atoms with Crippen molar-refractivity contribution in [2.24, 2.45) is 11.7 Å². The summed E-state index contributed by atoms with van der Waals surface area (Å²) in [5.74, 6) is 0.543. The van der Waals surface area contributed by atoms with Crippen LogP contribution in [0.2, 0.25) is 0 Å². The maximum Gasteiger partial charge on any atom is 0.272 e. The second-order valence-electron chi connectivity index (χ2n) is 4.94. The van der Waals surface area contributed by atoms with Crippen LogP contribution in [0.5, 0.6) is 0 Å². The fourth-order valence-corrected chi connectivity index (χ4v) is 2.52. The van der Waals surface area contributed by atoms with Gasteiger partial charge in [0.25, 0.3) is 5.91 Å². The number of nitrogens with zero attached hydrogens (tertiary/aromatic N) is 2. The van der Waals surface area contributed by atoms with E-state index in [1.165, 1.54) is 0 Å². The van der Waals surface area contributed by atoms with Crippen LogP contribution in [0.1, 0.15) is 36.3 Å². The molecule has 1 aliphatic heterocycles. The minimum absolute atomic E-state index is 0.0126. The van der Waals surface area contributed by atoms with E-state index in [0.717, 1.165) is 13.0 Å². The highest BCUT2D eigenvalue weighted by Crippen LogP contribution is 2.23. The zero-order valence-electron chi connectivity index (χ0n) is 10.6. The number of nitrogens with two attached hydrogens (primary N) is 1. The van der Waals surface area contributed by atoms with Crippen LogP contribution in [0, 0.1) is 5.92 Å². The Labute approximate surface area is 112 Å². The van der Waals surface area contributed by atoms with Crippen LogP contribution >= 0.6 is 12.2 Å². The van der Waals surface area contributed by atoms with E-state index in [2.05, 4.69) is 18.8 Å². The van der Waals surface area contributed by atoms with E-state index in [1.807, 2.05) is 4.90 Å². The van der Waals surface area contributed by atoms with E-state index in [9.17, 15) is 4.79 Å². The lowest BCUT2D eigenvalue weighted by Gasteiger charge is -2.20. The van der Waals surface area contributed by atoms with Crippen LogP contribution in [-0.2, 0) is 0 Å². The van der Waals surface area contributed by atoms with E-state index in [4.69, 9.17) is 18.0 Å². The van der Waals surface area contributed by atoms with Gasteiger partial charge in [-0.1, -0.05) is 19.1 Å². The summed E-state index contributed by atoms with van der Waals surface area (Å²) in [6.07, 6.45) is 2.61. The number of carbonyl (C=O) groups excluding carboxylic acids is 1. The molecule has 5 heteroatoms. The molecule has 2 heterocycles. The van der Waals surface area contributed by atoms with Crippen molar-refractivity contribution in [1.82, 2.24) is 9.88 Å². The molecule has 0 aliphatic carbocycles. The van der Waals surface area contributed by atoms with E-state index in [0.29, 0.717) is 22.2 Å². The highest BCUT2D eigenvalue weighted by atomic mass is 32.1. The summed E-state index contributed by atoms with van der Waals surface area (Å²) in [6.45, 7) is 5.04. The van der Waals surface area contributed by atoms with E-state index < -0.39 is 0 Å². The van der Waals surface area contributed by atoms with Crippen LogP contribution in [0.3, 0.4) is 0 Å². The molecule has 1 aromatic heterocycles. The summed E-state index contributed by atoms with van der Waals surface area (Å²) in [6, 6.07) is 3.71. The standard InChI is InChI=1S/C13H17N3OS/c1-8-5-9(2)16(7-8)13(17)11-4-3-10(6-15-11)12(14)18/h3-4,6,8-9H,5,7H2,1-2H3,(H2,14,18). The minimum Gasteiger partial charge on any atom is -0.389 e. The number of rotatable bonds is 2. The molecule has 1 fully saturated rings. The lowest BCUT2D eigenvalue weighted by molar-refractivity contribution is 0.0738. The zero-order valence-corrected chi connectivity index (χ0v) is 11.4. The summed E-state index contributed by atoms with van der Waals surface area (Å²) in [7, 11) is 0. The molecule has 4 nitrogen and oxygen atoms in total. The van der Waals surface area contributed by atoms with Crippen LogP contribution in [0.4, 0.5) is 0 Å². The van der Waals surface area contributed by atoms with Crippen molar-refractivity contribution in [3.8, 4) is 0 Å². The van der Waals surface area contributed by atoms with Crippen molar-refractivity contribution < 1.29 is 4.79 Å². The fourth-order valence-electron chi connectivity index (χ4n) is 2.40. The van der Waals surface area contributed by atoms with Crippen molar-refractivity contribution in [2.45, 2.75) is 26.3 Å². The SMILES string of the molecule is CC1CC(C)N(C(=O)c2ccc(C(N)=S)cn2)C1. The first-order chi connectivity index (χ1) is 8.49. The molecule has 0 radical (unpaired) electrons. The number of hydrogen-bond donors (Lipinski definition) is 1. The Kier molecular flexibility index (Phi) is 3.61. The van der Waals surface area contributed by atoms with Gasteiger partial charge in [-0.3, -0.25) is 9.78 Å². The van der Waals surface area contributed by atoms with Crippen LogP contribution < -0.4 is 5.73 Å². The van der Waals surface area contributed by atoms with E-state index >= 15 is 0 Å². The van der Waals surface area contributed by atoms with Gasteiger partial charge in [-0.2, -0.15) is 0 Å². The maximum atomic E-state index is 12.3. The maximum absolute atomic E-state index is 12.3. The van der Waals surface area contributed by atoms with Gasteiger partial charge in [0.15, 0.2) is 0 Å². The monoisotopic (exact) mass is 263 g/mol. The lowest BCUT2D eigenvalue weighted by atomic mass is 10.1. The van der Waals surface area contributed by atoms with Crippen molar-refractivity contribution >= 4 is 23.1 Å². The average molecular weight is 263 g/mol. The number of likely N-dealkylation sites (tertiary alicyclic amines) is 1. The molecule has 0 saturated carbocycles. The topological polar surface area (TPSA) is 59.2 Å². The Bertz CT molecular complexity index is 472. The molecule has 0 aromatic carbocycles. The normalized spacial score (nSPS) is 23.1. The van der Waals surface area contributed by atoms with E-state index in [-0.39, 0.29) is 11.9 Å². The van der Waals surface area contributed by atoms with Gasteiger partial charge in [0.05, 0.1) is 0 Å². The Morgan fingerprint density at radius 1 is 1.50 bits per heavy atom. The van der Waals surface area contributed by atoms with Crippen molar-refractivity contribution in [2.75, 3.05) is 6.54 Å². The fraction of sp³-hybridized carbons (Fsp3) is 0.462. The molecule has 96 valence electrons. The first-order valence-corrected chi connectivity index (χ1v) is 6.46. The van der Waals surface area contributed by atoms with Gasteiger partial charge in [0.1, 0.15) is 10.7 Å². The van der Waals surface area contributed by atoms with Gasteiger partial charge >= 0.3 is 0 Å². The molecular formula is C13H17N3OS. The highest BCUT2D eigenvalue weighted by Gasteiger charge is 2.30. The molecule has 0 bridgehead atoms. The largest absolute Gasteiger partial charge is 0.389 e. The zero-order chi connectivity index (χ0) is 13.3. The Balaban J connectivity index is 2.16. The average Bonchev–Trinajstić information content (AvgIpc) is 2.67. The van der Waals surface area contributed by atoms with Crippen molar-refractivity contribution in [3.05, 3.63) is 29.6 Å². The molecule has 1 aromatic rings. The highest BCUT2D eigenvalue weighted by molar-refractivity contribution is 7.80. The predicted octanol–water partition coefficient (Wildman–Crippen LogP) is 1.59. The number of aromatic nitrogens is 1. The third-order valence-corrected chi connectivity index (χ3v) is 3.55. The van der Waals surface area contributed by atoms with Gasteiger partial charge in [0, 0.05) is 24.3 Å². The molecule has 2 unspecified atom stereocenters. The predicted molar refractivity (Wildman–Crippen MR) is 74.4 cm³/mol. The summed E-state index contributed by atoms with van der Waals surface area (Å²) in [4.78, 5) is 18.6.